The van der Waals surface area contributed by atoms with Gasteiger partial charge in [0.2, 0.25) is 0 Å². The number of amides is 1. The smallest absolute Gasteiger partial charge is 0.326 e. The number of carbonyl (C=O) groups is 2. The number of nitrogens with one attached hydrogen (secondary N) is 1. The van der Waals surface area contributed by atoms with Crippen LogP contribution in [0.1, 0.15) is 42.1 Å². The molecule has 0 aliphatic carbocycles. The van der Waals surface area contributed by atoms with E-state index < -0.39 is 17.9 Å². The Bertz CT molecular complexity index is 450. The van der Waals surface area contributed by atoms with Gasteiger partial charge in [-0.1, -0.05) is 20.3 Å². The van der Waals surface area contributed by atoms with Crippen molar-refractivity contribution in [2.75, 3.05) is 0 Å². The summed E-state index contributed by atoms with van der Waals surface area (Å²) in [6, 6.07) is 0.734. The second-order valence-electron chi connectivity index (χ2n) is 4.50. The van der Waals surface area contributed by atoms with Crippen molar-refractivity contribution in [3.8, 4) is 0 Å². The van der Waals surface area contributed by atoms with Crippen molar-refractivity contribution in [2.45, 2.75) is 40.2 Å². The Labute approximate surface area is 106 Å². The van der Waals surface area contributed by atoms with Crippen LogP contribution in [0.3, 0.4) is 0 Å². The number of furan rings is 1. The molecule has 2 unspecified atom stereocenters. The van der Waals surface area contributed by atoms with E-state index in [-0.39, 0.29) is 5.92 Å². The molecule has 0 bridgehead atoms. The summed E-state index contributed by atoms with van der Waals surface area (Å²) in [5, 5.41) is 11.6. The molecular formula is C13H19NO4. The lowest BCUT2D eigenvalue weighted by molar-refractivity contribution is -0.140. The Balaban J connectivity index is 2.85. The first kappa shape index (κ1) is 14.3. The monoisotopic (exact) mass is 253 g/mol. The minimum atomic E-state index is -1.02. The van der Waals surface area contributed by atoms with Gasteiger partial charge in [-0.15, -0.1) is 0 Å². The van der Waals surface area contributed by atoms with Crippen molar-refractivity contribution in [3.63, 3.8) is 0 Å². The highest BCUT2D eigenvalue weighted by Gasteiger charge is 2.26. The Morgan fingerprint density at radius 3 is 2.44 bits per heavy atom. The van der Waals surface area contributed by atoms with Crippen molar-refractivity contribution < 1.29 is 19.1 Å². The summed E-state index contributed by atoms with van der Waals surface area (Å²) < 4.78 is 5.26. The molecule has 0 saturated carbocycles. The lowest BCUT2D eigenvalue weighted by Gasteiger charge is -2.19. The largest absolute Gasteiger partial charge is 0.480 e. The van der Waals surface area contributed by atoms with Crippen LogP contribution in [0.2, 0.25) is 0 Å². The minimum Gasteiger partial charge on any atom is -0.480 e. The van der Waals surface area contributed by atoms with E-state index >= 15 is 0 Å². The summed E-state index contributed by atoms with van der Waals surface area (Å²) in [5.74, 6) is -0.418. The van der Waals surface area contributed by atoms with Crippen LogP contribution in [0.4, 0.5) is 0 Å². The van der Waals surface area contributed by atoms with Crippen LogP contribution in [-0.4, -0.2) is 23.0 Å². The minimum absolute atomic E-state index is 0.125. The molecule has 0 aliphatic heterocycles. The van der Waals surface area contributed by atoms with E-state index in [1.165, 1.54) is 0 Å². The maximum atomic E-state index is 12.0. The summed E-state index contributed by atoms with van der Waals surface area (Å²) in [7, 11) is 0. The molecule has 1 aromatic heterocycles. The van der Waals surface area contributed by atoms with Gasteiger partial charge in [-0.2, -0.15) is 0 Å². The second-order valence-corrected chi connectivity index (χ2v) is 4.50. The van der Waals surface area contributed by atoms with Gasteiger partial charge in [0.05, 0.1) is 5.56 Å². The molecule has 100 valence electrons. The second kappa shape index (κ2) is 5.71. The highest BCUT2D eigenvalue weighted by Crippen LogP contribution is 2.15. The van der Waals surface area contributed by atoms with Gasteiger partial charge in [0.1, 0.15) is 17.6 Å². The average Bonchev–Trinajstić information content (AvgIpc) is 2.63. The Morgan fingerprint density at radius 2 is 2.06 bits per heavy atom. The molecule has 0 saturated heterocycles. The maximum Gasteiger partial charge on any atom is 0.326 e. The number of carbonyl (C=O) groups excluding carboxylic acids is 1. The highest BCUT2D eigenvalue weighted by molar-refractivity contribution is 5.97. The molecular weight excluding hydrogens is 234 g/mol. The van der Waals surface area contributed by atoms with Crippen LogP contribution < -0.4 is 5.32 Å². The van der Waals surface area contributed by atoms with Crippen LogP contribution >= 0.6 is 0 Å². The van der Waals surface area contributed by atoms with E-state index in [1.807, 2.05) is 6.92 Å². The van der Waals surface area contributed by atoms with Crippen molar-refractivity contribution >= 4 is 11.9 Å². The van der Waals surface area contributed by atoms with Gasteiger partial charge in [-0.05, 0) is 25.8 Å². The first-order valence-corrected chi connectivity index (χ1v) is 5.97. The fourth-order valence-corrected chi connectivity index (χ4v) is 1.76. The topological polar surface area (TPSA) is 79.5 Å². The number of rotatable bonds is 5. The van der Waals surface area contributed by atoms with Gasteiger partial charge >= 0.3 is 5.97 Å². The Kier molecular flexibility index (Phi) is 4.53. The van der Waals surface area contributed by atoms with E-state index in [2.05, 4.69) is 5.32 Å². The fourth-order valence-electron chi connectivity index (χ4n) is 1.76. The molecule has 0 radical (unpaired) electrons. The summed E-state index contributed by atoms with van der Waals surface area (Å²) in [6.45, 7) is 7.11. The normalized spacial score (nSPS) is 14.0. The number of hydrogen-bond donors (Lipinski definition) is 2. The number of aliphatic carboxylic acids is 1. The Hall–Kier alpha value is -1.78. The van der Waals surface area contributed by atoms with Gasteiger partial charge in [0, 0.05) is 0 Å². The van der Waals surface area contributed by atoms with Gasteiger partial charge in [-0.25, -0.2) is 4.79 Å². The lowest BCUT2D eigenvalue weighted by atomic mass is 9.99. The third-order valence-corrected chi connectivity index (χ3v) is 3.05. The first-order valence-electron chi connectivity index (χ1n) is 5.97. The zero-order valence-electron chi connectivity index (χ0n) is 11.1. The molecule has 5 heteroatoms. The molecule has 5 nitrogen and oxygen atoms in total. The third-order valence-electron chi connectivity index (χ3n) is 3.05. The molecule has 1 rings (SSSR count). The van der Waals surface area contributed by atoms with E-state index in [0.29, 0.717) is 23.5 Å². The molecule has 0 spiro atoms. The van der Waals surface area contributed by atoms with Gasteiger partial charge in [0.15, 0.2) is 0 Å². The molecule has 1 amide bonds. The van der Waals surface area contributed by atoms with E-state index in [9.17, 15) is 9.59 Å². The number of aryl methyl sites for hydroxylation is 2. The quantitative estimate of drug-likeness (QED) is 0.842. The van der Waals surface area contributed by atoms with Crippen molar-refractivity contribution in [2.24, 2.45) is 5.92 Å². The number of carboxylic acid groups (broad SMARTS) is 1. The molecule has 1 heterocycles. The van der Waals surface area contributed by atoms with Crippen LogP contribution in [0.25, 0.3) is 0 Å². The van der Waals surface area contributed by atoms with Crippen LogP contribution in [0.5, 0.6) is 0 Å². The summed E-state index contributed by atoms with van der Waals surface area (Å²) >= 11 is 0. The molecule has 2 N–H and O–H groups in total. The Morgan fingerprint density at radius 1 is 1.44 bits per heavy atom. The SMILES string of the molecule is CCC(C)C(NC(=O)c1cc(C)oc1C)C(=O)O. The molecule has 0 fully saturated rings. The third kappa shape index (κ3) is 3.12. The average molecular weight is 253 g/mol. The van der Waals surface area contributed by atoms with E-state index in [1.54, 1.807) is 26.8 Å². The van der Waals surface area contributed by atoms with Crippen LogP contribution in [0.15, 0.2) is 10.5 Å². The first-order chi connectivity index (χ1) is 8.36. The maximum absolute atomic E-state index is 12.0. The summed E-state index contributed by atoms with van der Waals surface area (Å²) in [4.78, 5) is 23.1. The molecule has 0 aromatic carbocycles. The fraction of sp³-hybridized carbons (Fsp3) is 0.538. The van der Waals surface area contributed by atoms with E-state index in [4.69, 9.17) is 9.52 Å². The molecule has 18 heavy (non-hydrogen) atoms. The van der Waals surface area contributed by atoms with Crippen molar-refractivity contribution in [1.29, 1.82) is 0 Å². The predicted octanol–water partition coefficient (Wildman–Crippen LogP) is 2.13. The highest BCUT2D eigenvalue weighted by atomic mass is 16.4. The zero-order chi connectivity index (χ0) is 13.9. The van der Waals surface area contributed by atoms with Crippen molar-refractivity contribution in [1.82, 2.24) is 5.32 Å². The number of hydrogen-bond acceptors (Lipinski definition) is 3. The predicted molar refractivity (Wildman–Crippen MR) is 66.5 cm³/mol. The zero-order valence-corrected chi connectivity index (χ0v) is 11.1. The molecule has 2 atom stereocenters. The standard InChI is InChI=1S/C13H19NO4/c1-5-7(2)11(13(16)17)14-12(15)10-6-8(3)18-9(10)4/h6-7,11H,5H2,1-4H3,(H,14,15)(H,16,17). The van der Waals surface area contributed by atoms with Gasteiger partial charge in [-0.3, -0.25) is 4.79 Å². The summed E-state index contributed by atoms with van der Waals surface area (Å²) in [5.41, 5.74) is 0.391. The molecule has 0 aliphatic rings. The lowest BCUT2D eigenvalue weighted by Crippen LogP contribution is -2.45. The van der Waals surface area contributed by atoms with E-state index in [0.717, 1.165) is 0 Å². The van der Waals surface area contributed by atoms with Crippen LogP contribution in [0, 0.1) is 19.8 Å². The summed E-state index contributed by atoms with van der Waals surface area (Å²) in [6.07, 6.45) is 0.681. The van der Waals surface area contributed by atoms with Crippen molar-refractivity contribution in [3.05, 3.63) is 23.2 Å². The van der Waals surface area contributed by atoms with Crippen LogP contribution in [-0.2, 0) is 4.79 Å². The molecule has 1 aromatic rings. The van der Waals surface area contributed by atoms with Gasteiger partial charge in [0.25, 0.3) is 5.91 Å². The van der Waals surface area contributed by atoms with Gasteiger partial charge < -0.3 is 14.8 Å². The number of carboxylic acids is 1.